The molecule has 0 radical (unpaired) electrons. The van der Waals surface area contributed by atoms with Crippen LogP contribution in [0.25, 0.3) is 0 Å². The molecule has 0 unspecified atom stereocenters. The van der Waals surface area contributed by atoms with E-state index in [0.29, 0.717) is 46.8 Å². The number of anilines is 2. The standard InChI is InChI=1S/C23H27ClN2O3/c1-15(2)11-12-26-19-13-18(25-21(27)16-5-7-17(24)8-6-16)9-10-20(19)29-14-23(3,4)22(26)28/h5-10,13,15H,11-12,14H2,1-4H3,(H,25,27). The second-order valence-electron chi connectivity index (χ2n) is 8.46. The second-order valence-corrected chi connectivity index (χ2v) is 8.89. The Morgan fingerprint density at radius 3 is 2.55 bits per heavy atom. The number of carbonyl (C=O) groups excluding carboxylic acids is 2. The number of benzene rings is 2. The predicted octanol–water partition coefficient (Wildman–Crippen LogP) is 5.39. The van der Waals surface area contributed by atoms with Crippen molar-refractivity contribution < 1.29 is 14.3 Å². The normalized spacial score (nSPS) is 15.5. The van der Waals surface area contributed by atoms with Crippen LogP contribution in [-0.2, 0) is 4.79 Å². The SMILES string of the molecule is CC(C)CCN1C(=O)C(C)(C)COc2ccc(NC(=O)c3ccc(Cl)cc3)cc21. The first-order chi connectivity index (χ1) is 13.7. The van der Waals surface area contributed by atoms with E-state index in [9.17, 15) is 9.59 Å². The van der Waals surface area contributed by atoms with Crippen molar-refractivity contribution in [3.63, 3.8) is 0 Å². The van der Waals surface area contributed by atoms with Crippen molar-refractivity contribution in [1.82, 2.24) is 0 Å². The zero-order valence-electron chi connectivity index (χ0n) is 17.3. The molecule has 0 aliphatic carbocycles. The van der Waals surface area contributed by atoms with Crippen molar-refractivity contribution in [2.75, 3.05) is 23.4 Å². The van der Waals surface area contributed by atoms with Gasteiger partial charge in [0.05, 0.1) is 11.1 Å². The summed E-state index contributed by atoms with van der Waals surface area (Å²) >= 11 is 5.89. The maximum Gasteiger partial charge on any atom is 0.255 e. The van der Waals surface area contributed by atoms with Crippen molar-refractivity contribution in [2.45, 2.75) is 34.1 Å². The Bertz CT molecular complexity index is 907. The minimum Gasteiger partial charge on any atom is -0.490 e. The topological polar surface area (TPSA) is 58.6 Å². The van der Waals surface area contributed by atoms with E-state index < -0.39 is 5.41 Å². The van der Waals surface area contributed by atoms with Crippen LogP contribution in [0.3, 0.4) is 0 Å². The summed E-state index contributed by atoms with van der Waals surface area (Å²) in [6.07, 6.45) is 0.878. The molecular weight excluding hydrogens is 388 g/mol. The number of fused-ring (bicyclic) bond motifs is 1. The Hall–Kier alpha value is -2.53. The molecule has 29 heavy (non-hydrogen) atoms. The molecule has 1 aliphatic rings. The van der Waals surface area contributed by atoms with Gasteiger partial charge in [-0.05, 0) is 68.7 Å². The molecule has 0 saturated carbocycles. The summed E-state index contributed by atoms with van der Waals surface area (Å²) in [6, 6.07) is 12.1. The highest BCUT2D eigenvalue weighted by Crippen LogP contribution is 2.38. The van der Waals surface area contributed by atoms with E-state index in [4.69, 9.17) is 16.3 Å². The highest BCUT2D eigenvalue weighted by atomic mass is 35.5. The van der Waals surface area contributed by atoms with Crippen molar-refractivity contribution in [3.05, 3.63) is 53.1 Å². The molecule has 3 rings (SSSR count). The summed E-state index contributed by atoms with van der Waals surface area (Å²) in [5, 5.41) is 3.47. The van der Waals surface area contributed by atoms with Crippen molar-refractivity contribution >= 4 is 34.8 Å². The smallest absolute Gasteiger partial charge is 0.255 e. The molecule has 6 heteroatoms. The second kappa shape index (κ2) is 8.46. The summed E-state index contributed by atoms with van der Waals surface area (Å²) in [5.74, 6) is 0.901. The van der Waals surface area contributed by atoms with E-state index >= 15 is 0 Å². The molecule has 154 valence electrons. The van der Waals surface area contributed by atoms with E-state index in [1.165, 1.54) is 0 Å². The molecule has 0 bridgehead atoms. The molecule has 1 heterocycles. The minimum absolute atomic E-state index is 0.0260. The van der Waals surface area contributed by atoms with E-state index in [0.717, 1.165) is 6.42 Å². The van der Waals surface area contributed by atoms with E-state index in [1.54, 1.807) is 35.2 Å². The number of ether oxygens (including phenoxy) is 1. The van der Waals surface area contributed by atoms with Crippen LogP contribution in [0.1, 0.15) is 44.5 Å². The van der Waals surface area contributed by atoms with Gasteiger partial charge in [0.2, 0.25) is 5.91 Å². The molecule has 2 amide bonds. The lowest BCUT2D eigenvalue weighted by molar-refractivity contribution is -0.127. The first-order valence-corrected chi connectivity index (χ1v) is 10.2. The van der Waals surface area contributed by atoms with Crippen molar-refractivity contribution in [2.24, 2.45) is 11.3 Å². The maximum atomic E-state index is 13.2. The summed E-state index contributed by atoms with van der Waals surface area (Å²) in [4.78, 5) is 27.5. The van der Waals surface area contributed by atoms with E-state index in [1.807, 2.05) is 26.0 Å². The maximum absolute atomic E-state index is 13.2. The Morgan fingerprint density at radius 2 is 1.90 bits per heavy atom. The molecule has 0 fully saturated rings. The van der Waals surface area contributed by atoms with Crippen LogP contribution in [0.4, 0.5) is 11.4 Å². The summed E-state index contributed by atoms with van der Waals surface area (Å²) < 4.78 is 5.94. The molecule has 1 aliphatic heterocycles. The number of halogens is 1. The molecule has 0 saturated heterocycles. The van der Waals surface area contributed by atoms with Gasteiger partial charge >= 0.3 is 0 Å². The van der Waals surface area contributed by atoms with Gasteiger partial charge < -0.3 is 15.0 Å². The number of amides is 2. The van der Waals surface area contributed by atoms with Gasteiger partial charge in [0, 0.05) is 22.8 Å². The molecular formula is C23H27ClN2O3. The zero-order chi connectivity index (χ0) is 21.2. The fourth-order valence-corrected chi connectivity index (χ4v) is 3.26. The third kappa shape index (κ3) is 4.91. The van der Waals surface area contributed by atoms with Crippen LogP contribution in [0.15, 0.2) is 42.5 Å². The molecule has 0 aromatic heterocycles. The largest absolute Gasteiger partial charge is 0.490 e. The number of nitrogens with one attached hydrogen (secondary N) is 1. The van der Waals surface area contributed by atoms with Crippen molar-refractivity contribution in [1.29, 1.82) is 0 Å². The number of hydrogen-bond donors (Lipinski definition) is 1. The number of hydrogen-bond acceptors (Lipinski definition) is 3. The lowest BCUT2D eigenvalue weighted by atomic mass is 9.92. The van der Waals surface area contributed by atoms with Gasteiger partial charge in [-0.1, -0.05) is 25.4 Å². The average molecular weight is 415 g/mol. The number of carbonyl (C=O) groups is 2. The van der Waals surface area contributed by atoms with Gasteiger partial charge in [0.15, 0.2) is 0 Å². The first kappa shape index (κ1) is 21.2. The lowest BCUT2D eigenvalue weighted by Crippen LogP contribution is -2.42. The molecule has 1 N–H and O–H groups in total. The van der Waals surface area contributed by atoms with E-state index in [2.05, 4.69) is 19.2 Å². The predicted molar refractivity (Wildman–Crippen MR) is 117 cm³/mol. The van der Waals surface area contributed by atoms with Gasteiger partial charge in [0.25, 0.3) is 5.91 Å². The Kier molecular flexibility index (Phi) is 6.18. The Balaban J connectivity index is 1.90. The van der Waals surface area contributed by atoms with Gasteiger partial charge in [-0.3, -0.25) is 9.59 Å². The number of nitrogens with zero attached hydrogens (tertiary/aromatic N) is 1. The monoisotopic (exact) mass is 414 g/mol. The van der Waals surface area contributed by atoms with Gasteiger partial charge in [0.1, 0.15) is 12.4 Å². The molecule has 0 spiro atoms. The Morgan fingerprint density at radius 1 is 1.21 bits per heavy atom. The molecule has 2 aromatic rings. The Labute approximate surface area is 177 Å². The fourth-order valence-electron chi connectivity index (χ4n) is 3.14. The van der Waals surface area contributed by atoms with Crippen LogP contribution in [-0.4, -0.2) is 25.0 Å². The average Bonchev–Trinajstić information content (AvgIpc) is 2.76. The lowest BCUT2D eigenvalue weighted by Gasteiger charge is -2.28. The van der Waals surface area contributed by atoms with Crippen LogP contribution in [0, 0.1) is 11.3 Å². The highest BCUT2D eigenvalue weighted by Gasteiger charge is 2.37. The van der Waals surface area contributed by atoms with E-state index in [-0.39, 0.29) is 11.8 Å². The zero-order valence-corrected chi connectivity index (χ0v) is 18.0. The van der Waals surface area contributed by atoms with Crippen LogP contribution in [0.5, 0.6) is 5.75 Å². The van der Waals surface area contributed by atoms with Crippen LogP contribution >= 0.6 is 11.6 Å². The third-order valence-electron chi connectivity index (χ3n) is 4.96. The molecule has 5 nitrogen and oxygen atoms in total. The van der Waals surface area contributed by atoms with Gasteiger partial charge in [-0.25, -0.2) is 0 Å². The third-order valence-corrected chi connectivity index (χ3v) is 5.21. The minimum atomic E-state index is -0.622. The molecule has 2 aromatic carbocycles. The molecule has 0 atom stereocenters. The highest BCUT2D eigenvalue weighted by molar-refractivity contribution is 6.30. The van der Waals surface area contributed by atoms with Crippen LogP contribution in [0.2, 0.25) is 5.02 Å². The quantitative estimate of drug-likeness (QED) is 0.713. The van der Waals surface area contributed by atoms with Crippen LogP contribution < -0.4 is 15.0 Å². The van der Waals surface area contributed by atoms with Gasteiger partial charge in [-0.15, -0.1) is 0 Å². The summed E-state index contributed by atoms with van der Waals surface area (Å²) in [5.41, 5.74) is 1.18. The first-order valence-electron chi connectivity index (χ1n) is 9.83. The van der Waals surface area contributed by atoms with Gasteiger partial charge in [-0.2, -0.15) is 0 Å². The van der Waals surface area contributed by atoms with Crippen molar-refractivity contribution in [3.8, 4) is 5.75 Å². The fraction of sp³-hybridized carbons (Fsp3) is 0.391. The summed E-state index contributed by atoms with van der Waals surface area (Å²) in [7, 11) is 0. The summed E-state index contributed by atoms with van der Waals surface area (Å²) in [6.45, 7) is 8.97. The number of rotatable bonds is 5.